The number of rotatable bonds is 5. The predicted molar refractivity (Wildman–Crippen MR) is 94.1 cm³/mol. The third-order valence-corrected chi connectivity index (χ3v) is 5.18. The lowest BCUT2D eigenvalue weighted by Crippen LogP contribution is -2.32. The predicted octanol–water partition coefficient (Wildman–Crippen LogP) is 3.45. The van der Waals surface area contributed by atoms with E-state index in [1.807, 2.05) is 6.92 Å². The highest BCUT2D eigenvalue weighted by molar-refractivity contribution is 7.11. The average Bonchev–Trinajstić information content (AvgIpc) is 3.27. The number of carbonyl (C=O) groups excluding carboxylic acids is 2. The van der Waals surface area contributed by atoms with Crippen LogP contribution in [0.1, 0.15) is 64.5 Å². The third kappa shape index (κ3) is 4.42. The van der Waals surface area contributed by atoms with Gasteiger partial charge in [0.15, 0.2) is 5.01 Å². The molecule has 1 heterocycles. The van der Waals surface area contributed by atoms with Crippen LogP contribution in [-0.2, 0) is 0 Å². The first kappa shape index (κ1) is 17.5. The molecule has 0 radical (unpaired) electrons. The van der Waals surface area contributed by atoms with Crippen molar-refractivity contribution in [1.82, 2.24) is 15.6 Å². The summed E-state index contributed by atoms with van der Waals surface area (Å²) in [5, 5.41) is 7.65. The molecule has 1 aromatic heterocycles. The van der Waals surface area contributed by atoms with Crippen LogP contribution >= 0.6 is 11.3 Å². The summed E-state index contributed by atoms with van der Waals surface area (Å²) in [6.07, 6.45) is 4.27. The van der Waals surface area contributed by atoms with Crippen LogP contribution in [0.2, 0.25) is 0 Å². The Balaban J connectivity index is 1.59. The van der Waals surface area contributed by atoms with E-state index in [1.165, 1.54) is 12.1 Å². The monoisotopic (exact) mass is 361 g/mol. The van der Waals surface area contributed by atoms with Gasteiger partial charge in [0.1, 0.15) is 11.5 Å². The highest BCUT2D eigenvalue weighted by Gasteiger charge is 2.21. The highest BCUT2D eigenvalue weighted by atomic mass is 32.1. The quantitative estimate of drug-likeness (QED) is 0.857. The molecule has 1 aliphatic rings. The molecule has 2 aromatic rings. The van der Waals surface area contributed by atoms with Crippen molar-refractivity contribution in [3.63, 3.8) is 0 Å². The normalized spacial score (nSPS) is 15.8. The third-order valence-electron chi connectivity index (χ3n) is 4.34. The van der Waals surface area contributed by atoms with Gasteiger partial charge in [0.25, 0.3) is 11.8 Å². The highest BCUT2D eigenvalue weighted by Crippen LogP contribution is 2.19. The van der Waals surface area contributed by atoms with E-state index in [2.05, 4.69) is 15.6 Å². The molecule has 2 N–H and O–H groups in total. The maximum Gasteiger partial charge on any atom is 0.280 e. The molecule has 1 saturated carbocycles. The van der Waals surface area contributed by atoms with Crippen LogP contribution in [0.25, 0.3) is 0 Å². The molecule has 0 bridgehead atoms. The average molecular weight is 361 g/mol. The summed E-state index contributed by atoms with van der Waals surface area (Å²) in [5.74, 6) is -0.893. The first-order chi connectivity index (χ1) is 12.0. The molecule has 0 saturated heterocycles. The summed E-state index contributed by atoms with van der Waals surface area (Å²) < 4.78 is 13.0. The molecule has 1 aromatic carbocycles. The second-order valence-corrected chi connectivity index (χ2v) is 7.10. The zero-order valence-corrected chi connectivity index (χ0v) is 14.7. The van der Waals surface area contributed by atoms with Gasteiger partial charge in [-0.15, -0.1) is 11.3 Å². The van der Waals surface area contributed by atoms with E-state index in [0.717, 1.165) is 42.6 Å². The van der Waals surface area contributed by atoms with Crippen LogP contribution < -0.4 is 10.6 Å². The van der Waals surface area contributed by atoms with Gasteiger partial charge in [-0.3, -0.25) is 9.59 Å². The minimum atomic E-state index is -0.354. The van der Waals surface area contributed by atoms with E-state index in [1.54, 1.807) is 17.5 Å². The standard InChI is InChI=1S/C18H20FN3O2S/c1-11(12-6-8-13(19)9-7-12)20-16(23)15-10-25-18(22-15)17(24)21-14-4-2-3-5-14/h6-11,14H,2-5H2,1H3,(H,20,23)(H,21,24). The number of benzene rings is 1. The van der Waals surface area contributed by atoms with Crippen LogP contribution in [0.15, 0.2) is 29.6 Å². The Kier molecular flexibility index (Phi) is 5.43. The van der Waals surface area contributed by atoms with Gasteiger partial charge in [0, 0.05) is 11.4 Å². The minimum absolute atomic E-state index is 0.215. The maximum atomic E-state index is 13.0. The topological polar surface area (TPSA) is 71.1 Å². The number of hydrogen-bond donors (Lipinski definition) is 2. The number of nitrogens with one attached hydrogen (secondary N) is 2. The van der Waals surface area contributed by atoms with E-state index in [9.17, 15) is 14.0 Å². The van der Waals surface area contributed by atoms with E-state index in [4.69, 9.17) is 0 Å². The molecule has 25 heavy (non-hydrogen) atoms. The van der Waals surface area contributed by atoms with Crippen LogP contribution in [-0.4, -0.2) is 22.8 Å². The van der Waals surface area contributed by atoms with Gasteiger partial charge in [0.2, 0.25) is 0 Å². The Morgan fingerprint density at radius 1 is 1.20 bits per heavy atom. The molecule has 132 valence electrons. The van der Waals surface area contributed by atoms with Crippen LogP contribution in [0.5, 0.6) is 0 Å². The minimum Gasteiger partial charge on any atom is -0.347 e. The van der Waals surface area contributed by atoms with Crippen molar-refractivity contribution in [2.75, 3.05) is 0 Å². The molecule has 2 amide bonds. The molecule has 5 nitrogen and oxygen atoms in total. The van der Waals surface area contributed by atoms with E-state index >= 15 is 0 Å². The van der Waals surface area contributed by atoms with Crippen molar-refractivity contribution in [3.05, 3.63) is 51.7 Å². The molecule has 3 rings (SSSR count). The SMILES string of the molecule is CC(NC(=O)c1csc(C(=O)NC2CCCC2)n1)c1ccc(F)cc1. The van der Waals surface area contributed by atoms with Crippen molar-refractivity contribution in [1.29, 1.82) is 0 Å². The fourth-order valence-corrected chi connectivity index (χ4v) is 3.60. The lowest BCUT2D eigenvalue weighted by molar-refractivity contribution is 0.0934. The molecule has 1 atom stereocenters. The first-order valence-corrected chi connectivity index (χ1v) is 9.23. The van der Waals surface area contributed by atoms with Crippen molar-refractivity contribution in [3.8, 4) is 0 Å². The number of aromatic nitrogens is 1. The van der Waals surface area contributed by atoms with Gasteiger partial charge in [-0.1, -0.05) is 25.0 Å². The van der Waals surface area contributed by atoms with Gasteiger partial charge in [0.05, 0.1) is 6.04 Å². The van der Waals surface area contributed by atoms with Crippen molar-refractivity contribution >= 4 is 23.2 Å². The van der Waals surface area contributed by atoms with E-state index in [-0.39, 0.29) is 35.4 Å². The number of amides is 2. The number of nitrogens with zero attached hydrogens (tertiary/aromatic N) is 1. The fraction of sp³-hybridized carbons (Fsp3) is 0.389. The van der Waals surface area contributed by atoms with E-state index < -0.39 is 0 Å². The lowest BCUT2D eigenvalue weighted by atomic mass is 10.1. The molecule has 1 fully saturated rings. The van der Waals surface area contributed by atoms with Crippen molar-refractivity contribution in [2.45, 2.75) is 44.7 Å². The Morgan fingerprint density at radius 2 is 1.88 bits per heavy atom. The van der Waals surface area contributed by atoms with Gasteiger partial charge < -0.3 is 10.6 Å². The zero-order valence-electron chi connectivity index (χ0n) is 13.9. The number of carbonyl (C=O) groups is 2. The van der Waals surface area contributed by atoms with Crippen LogP contribution in [0.4, 0.5) is 4.39 Å². The first-order valence-electron chi connectivity index (χ1n) is 8.35. The Morgan fingerprint density at radius 3 is 2.56 bits per heavy atom. The second-order valence-electron chi connectivity index (χ2n) is 6.24. The number of halogens is 1. The smallest absolute Gasteiger partial charge is 0.280 e. The van der Waals surface area contributed by atoms with Gasteiger partial charge >= 0.3 is 0 Å². The fourth-order valence-electron chi connectivity index (χ4n) is 2.90. The number of hydrogen-bond acceptors (Lipinski definition) is 4. The molecule has 7 heteroatoms. The van der Waals surface area contributed by atoms with Crippen LogP contribution in [0, 0.1) is 5.82 Å². The molecule has 1 unspecified atom stereocenters. The van der Waals surface area contributed by atoms with Crippen molar-refractivity contribution in [2.24, 2.45) is 0 Å². The summed E-state index contributed by atoms with van der Waals surface area (Å²) >= 11 is 1.16. The summed E-state index contributed by atoms with van der Waals surface area (Å²) in [5.41, 5.74) is 1.01. The van der Waals surface area contributed by atoms with Gasteiger partial charge in [-0.2, -0.15) is 0 Å². The summed E-state index contributed by atoms with van der Waals surface area (Å²) in [6.45, 7) is 1.81. The molecule has 0 aliphatic heterocycles. The maximum absolute atomic E-state index is 13.0. The largest absolute Gasteiger partial charge is 0.347 e. The lowest BCUT2D eigenvalue weighted by Gasteiger charge is -2.13. The van der Waals surface area contributed by atoms with Crippen molar-refractivity contribution < 1.29 is 14.0 Å². The summed E-state index contributed by atoms with van der Waals surface area (Å²) in [6, 6.07) is 5.89. The molecular weight excluding hydrogens is 341 g/mol. The molecular formula is C18H20FN3O2S. The Labute approximate surface area is 149 Å². The molecule has 0 spiro atoms. The number of thiazole rings is 1. The summed E-state index contributed by atoms with van der Waals surface area (Å²) in [7, 11) is 0. The van der Waals surface area contributed by atoms with Gasteiger partial charge in [-0.25, -0.2) is 9.37 Å². The Bertz CT molecular complexity index is 754. The van der Waals surface area contributed by atoms with Crippen LogP contribution in [0.3, 0.4) is 0 Å². The Hall–Kier alpha value is -2.28. The molecule has 1 aliphatic carbocycles. The van der Waals surface area contributed by atoms with Gasteiger partial charge in [-0.05, 0) is 37.5 Å². The second kappa shape index (κ2) is 7.74. The zero-order chi connectivity index (χ0) is 17.8. The van der Waals surface area contributed by atoms with E-state index in [0.29, 0.717) is 5.01 Å². The summed E-state index contributed by atoms with van der Waals surface area (Å²) in [4.78, 5) is 28.6.